The Hall–Kier alpha value is -0.380. The minimum Gasteiger partial charge on any atom is -0.311 e. The summed E-state index contributed by atoms with van der Waals surface area (Å²) in [6.07, 6.45) is 2.77. The van der Waals surface area contributed by atoms with E-state index in [1.807, 2.05) is 11.3 Å². The van der Waals surface area contributed by atoms with E-state index in [9.17, 15) is 0 Å². The van der Waals surface area contributed by atoms with Crippen molar-refractivity contribution in [3.05, 3.63) is 22.4 Å². The van der Waals surface area contributed by atoms with E-state index in [2.05, 4.69) is 41.6 Å². The molecule has 2 nitrogen and oxygen atoms in total. The molecule has 0 amide bonds. The minimum atomic E-state index is 0.801. The van der Waals surface area contributed by atoms with Crippen molar-refractivity contribution in [1.29, 1.82) is 0 Å². The van der Waals surface area contributed by atoms with Crippen molar-refractivity contribution in [2.45, 2.75) is 39.3 Å². The van der Waals surface area contributed by atoms with Crippen LogP contribution in [0.3, 0.4) is 0 Å². The normalized spacial score (nSPS) is 21.5. The lowest BCUT2D eigenvalue weighted by Crippen LogP contribution is -2.38. The molecule has 0 radical (unpaired) electrons. The first-order chi connectivity index (χ1) is 8.27. The molecule has 1 unspecified atom stereocenters. The van der Waals surface area contributed by atoms with Crippen LogP contribution in [0, 0.1) is 5.92 Å². The van der Waals surface area contributed by atoms with Gasteiger partial charge in [-0.05, 0) is 36.8 Å². The lowest BCUT2D eigenvalue weighted by molar-refractivity contribution is 0.207. The molecule has 96 valence electrons. The first-order valence-corrected chi connectivity index (χ1v) is 7.62. The van der Waals surface area contributed by atoms with E-state index in [0.29, 0.717) is 0 Å². The molecule has 0 aliphatic carbocycles. The van der Waals surface area contributed by atoms with Gasteiger partial charge in [0.25, 0.3) is 0 Å². The van der Waals surface area contributed by atoms with E-state index >= 15 is 0 Å². The fourth-order valence-electron chi connectivity index (χ4n) is 2.73. The highest BCUT2D eigenvalue weighted by molar-refractivity contribution is 7.09. The van der Waals surface area contributed by atoms with Crippen LogP contribution in [-0.2, 0) is 6.54 Å². The SMILES string of the molecule is CC(C)C1CCCN1CCNCc1cccs1. The topological polar surface area (TPSA) is 15.3 Å². The molecule has 0 bridgehead atoms. The molecule has 1 aliphatic heterocycles. The highest BCUT2D eigenvalue weighted by Crippen LogP contribution is 2.22. The van der Waals surface area contributed by atoms with Crippen molar-refractivity contribution < 1.29 is 0 Å². The number of hydrogen-bond donors (Lipinski definition) is 1. The Labute approximate surface area is 109 Å². The molecule has 3 heteroatoms. The summed E-state index contributed by atoms with van der Waals surface area (Å²) in [5.74, 6) is 0.801. The predicted octanol–water partition coefficient (Wildman–Crippen LogP) is 2.96. The fraction of sp³-hybridized carbons (Fsp3) is 0.714. The molecular weight excluding hydrogens is 228 g/mol. The van der Waals surface area contributed by atoms with E-state index in [1.54, 1.807) is 0 Å². The molecule has 0 spiro atoms. The van der Waals surface area contributed by atoms with Crippen LogP contribution in [0.2, 0.25) is 0 Å². The number of hydrogen-bond acceptors (Lipinski definition) is 3. The second-order valence-corrected chi connectivity index (χ2v) is 6.28. The average Bonchev–Trinajstić information content (AvgIpc) is 2.95. The van der Waals surface area contributed by atoms with Gasteiger partial charge in [-0.15, -0.1) is 11.3 Å². The molecule has 1 aromatic rings. The molecule has 2 heterocycles. The van der Waals surface area contributed by atoms with Gasteiger partial charge in [-0.1, -0.05) is 19.9 Å². The highest BCUT2D eigenvalue weighted by atomic mass is 32.1. The summed E-state index contributed by atoms with van der Waals surface area (Å²) in [6, 6.07) is 5.14. The summed E-state index contributed by atoms with van der Waals surface area (Å²) in [4.78, 5) is 4.10. The monoisotopic (exact) mass is 252 g/mol. The quantitative estimate of drug-likeness (QED) is 0.783. The molecular formula is C14H24N2S. The number of likely N-dealkylation sites (tertiary alicyclic amines) is 1. The standard InChI is InChI=1S/C14H24N2S/c1-12(2)14-6-3-8-16(14)9-7-15-11-13-5-4-10-17-13/h4-5,10,12,14-15H,3,6-9,11H2,1-2H3. The third-order valence-electron chi connectivity index (χ3n) is 3.64. The predicted molar refractivity (Wildman–Crippen MR) is 75.5 cm³/mol. The van der Waals surface area contributed by atoms with Gasteiger partial charge in [0, 0.05) is 30.6 Å². The zero-order valence-corrected chi connectivity index (χ0v) is 11.8. The Bertz CT molecular complexity index is 308. The maximum atomic E-state index is 3.54. The van der Waals surface area contributed by atoms with Crippen LogP contribution in [0.25, 0.3) is 0 Å². The molecule has 1 fully saturated rings. The van der Waals surface area contributed by atoms with Gasteiger partial charge in [-0.2, -0.15) is 0 Å². The van der Waals surface area contributed by atoms with Crippen molar-refractivity contribution in [3.8, 4) is 0 Å². The Morgan fingerprint density at radius 1 is 1.53 bits per heavy atom. The number of rotatable bonds is 6. The second-order valence-electron chi connectivity index (χ2n) is 5.25. The molecule has 1 N–H and O–H groups in total. The number of nitrogens with one attached hydrogen (secondary N) is 1. The Morgan fingerprint density at radius 2 is 2.41 bits per heavy atom. The van der Waals surface area contributed by atoms with Crippen LogP contribution in [0.4, 0.5) is 0 Å². The molecule has 0 saturated carbocycles. The van der Waals surface area contributed by atoms with Crippen molar-refractivity contribution >= 4 is 11.3 Å². The van der Waals surface area contributed by atoms with Crippen LogP contribution >= 0.6 is 11.3 Å². The van der Waals surface area contributed by atoms with Crippen LogP contribution in [0.5, 0.6) is 0 Å². The van der Waals surface area contributed by atoms with E-state index < -0.39 is 0 Å². The van der Waals surface area contributed by atoms with Gasteiger partial charge >= 0.3 is 0 Å². The van der Waals surface area contributed by atoms with Crippen molar-refractivity contribution in [2.24, 2.45) is 5.92 Å². The van der Waals surface area contributed by atoms with Crippen molar-refractivity contribution in [3.63, 3.8) is 0 Å². The van der Waals surface area contributed by atoms with Crippen LogP contribution in [-0.4, -0.2) is 30.6 Å². The van der Waals surface area contributed by atoms with E-state index in [-0.39, 0.29) is 0 Å². The summed E-state index contributed by atoms with van der Waals surface area (Å²) < 4.78 is 0. The van der Waals surface area contributed by atoms with Gasteiger partial charge in [0.05, 0.1) is 0 Å². The van der Waals surface area contributed by atoms with E-state index in [0.717, 1.165) is 25.0 Å². The van der Waals surface area contributed by atoms with Crippen molar-refractivity contribution in [1.82, 2.24) is 10.2 Å². The fourth-order valence-corrected chi connectivity index (χ4v) is 3.41. The Kier molecular flexibility index (Phi) is 5.01. The maximum Gasteiger partial charge on any atom is 0.0300 e. The first kappa shape index (κ1) is 13.1. The average molecular weight is 252 g/mol. The third kappa shape index (κ3) is 3.80. The van der Waals surface area contributed by atoms with Gasteiger partial charge in [0.2, 0.25) is 0 Å². The lowest BCUT2D eigenvalue weighted by atomic mass is 10.0. The second kappa shape index (κ2) is 6.53. The molecule has 17 heavy (non-hydrogen) atoms. The van der Waals surface area contributed by atoms with Gasteiger partial charge in [0.15, 0.2) is 0 Å². The van der Waals surface area contributed by atoms with Crippen LogP contribution in [0.1, 0.15) is 31.6 Å². The van der Waals surface area contributed by atoms with E-state index in [1.165, 1.54) is 30.8 Å². The summed E-state index contributed by atoms with van der Waals surface area (Å²) in [5, 5.41) is 5.69. The van der Waals surface area contributed by atoms with Gasteiger partial charge in [0.1, 0.15) is 0 Å². The summed E-state index contributed by atoms with van der Waals surface area (Å²) in [6.45, 7) is 9.33. The molecule has 1 aromatic heterocycles. The van der Waals surface area contributed by atoms with E-state index in [4.69, 9.17) is 0 Å². The van der Waals surface area contributed by atoms with Crippen molar-refractivity contribution in [2.75, 3.05) is 19.6 Å². The first-order valence-electron chi connectivity index (χ1n) is 6.74. The largest absolute Gasteiger partial charge is 0.311 e. The summed E-state index contributed by atoms with van der Waals surface area (Å²) >= 11 is 1.83. The van der Waals surface area contributed by atoms with Crippen LogP contribution in [0.15, 0.2) is 17.5 Å². The number of nitrogens with zero attached hydrogens (tertiary/aromatic N) is 1. The third-order valence-corrected chi connectivity index (χ3v) is 4.52. The highest BCUT2D eigenvalue weighted by Gasteiger charge is 2.25. The zero-order valence-electron chi connectivity index (χ0n) is 11.0. The molecule has 2 rings (SSSR count). The zero-order chi connectivity index (χ0) is 12.1. The Morgan fingerprint density at radius 3 is 3.12 bits per heavy atom. The molecule has 1 atom stereocenters. The number of thiophene rings is 1. The molecule has 1 aliphatic rings. The van der Waals surface area contributed by atoms with Crippen LogP contribution < -0.4 is 5.32 Å². The van der Waals surface area contributed by atoms with Gasteiger partial charge < -0.3 is 5.32 Å². The molecule has 1 saturated heterocycles. The molecule has 0 aromatic carbocycles. The lowest BCUT2D eigenvalue weighted by Gasteiger charge is -2.27. The smallest absolute Gasteiger partial charge is 0.0300 e. The summed E-state index contributed by atoms with van der Waals surface area (Å²) in [7, 11) is 0. The maximum absolute atomic E-state index is 3.54. The minimum absolute atomic E-state index is 0.801. The summed E-state index contributed by atoms with van der Waals surface area (Å²) in [5.41, 5.74) is 0. The Balaban J connectivity index is 1.64. The van der Waals surface area contributed by atoms with Gasteiger partial charge in [-0.25, -0.2) is 0 Å². The van der Waals surface area contributed by atoms with Gasteiger partial charge in [-0.3, -0.25) is 4.90 Å².